The molecule has 0 aliphatic rings. The predicted octanol–water partition coefficient (Wildman–Crippen LogP) is 4.63. The van der Waals surface area contributed by atoms with Crippen LogP contribution >= 0.6 is 15.9 Å². The number of carbonyl (C=O) groups is 1. The van der Waals surface area contributed by atoms with Gasteiger partial charge < -0.3 is 5.32 Å². The topological polar surface area (TPSA) is 29.1 Å². The predicted molar refractivity (Wildman–Crippen MR) is 82.7 cm³/mol. The van der Waals surface area contributed by atoms with Gasteiger partial charge in [0, 0.05) is 10.0 Å². The highest BCUT2D eigenvalue weighted by atomic mass is 79.9. The molecule has 0 saturated carbocycles. The van der Waals surface area contributed by atoms with E-state index < -0.39 is 0 Å². The van der Waals surface area contributed by atoms with Crippen LogP contribution < -0.4 is 5.32 Å². The fourth-order valence-corrected chi connectivity index (χ4v) is 2.86. The summed E-state index contributed by atoms with van der Waals surface area (Å²) in [6.07, 6.45) is 0. The van der Waals surface area contributed by atoms with E-state index in [1.807, 2.05) is 51.1 Å². The lowest BCUT2D eigenvalue weighted by Crippen LogP contribution is -2.14. The molecule has 0 saturated heterocycles. The third-order valence-corrected chi connectivity index (χ3v) is 3.69. The molecule has 3 heteroatoms. The Kier molecular flexibility index (Phi) is 4.05. The van der Waals surface area contributed by atoms with E-state index in [1.165, 1.54) is 5.56 Å². The molecule has 2 aromatic carbocycles. The van der Waals surface area contributed by atoms with Crippen LogP contribution in [-0.2, 0) is 0 Å². The van der Waals surface area contributed by atoms with Crippen molar-refractivity contribution in [3.63, 3.8) is 0 Å². The lowest BCUT2D eigenvalue weighted by atomic mass is 10.1. The van der Waals surface area contributed by atoms with Crippen molar-refractivity contribution in [1.82, 2.24) is 0 Å². The second kappa shape index (κ2) is 5.57. The van der Waals surface area contributed by atoms with Crippen molar-refractivity contribution in [2.75, 3.05) is 5.32 Å². The SMILES string of the molecule is Cc1cc(C)c(NC(=O)c2ccccc2C)c(Br)c1. The molecule has 0 aliphatic heterocycles. The minimum absolute atomic E-state index is 0.0780. The van der Waals surface area contributed by atoms with E-state index in [0.717, 1.165) is 21.3 Å². The van der Waals surface area contributed by atoms with Gasteiger partial charge in [-0.05, 0) is 65.5 Å². The number of anilines is 1. The summed E-state index contributed by atoms with van der Waals surface area (Å²) in [7, 11) is 0. The molecule has 0 radical (unpaired) electrons. The molecule has 98 valence electrons. The van der Waals surface area contributed by atoms with Crippen LogP contribution in [0.5, 0.6) is 0 Å². The molecule has 0 atom stereocenters. The summed E-state index contributed by atoms with van der Waals surface area (Å²) in [6.45, 7) is 5.96. The smallest absolute Gasteiger partial charge is 0.255 e. The number of hydrogen-bond donors (Lipinski definition) is 1. The molecule has 0 aliphatic carbocycles. The zero-order valence-electron chi connectivity index (χ0n) is 11.3. The molecule has 2 aromatic rings. The molecule has 0 heterocycles. The quantitative estimate of drug-likeness (QED) is 0.859. The van der Waals surface area contributed by atoms with E-state index in [9.17, 15) is 4.79 Å². The minimum Gasteiger partial charge on any atom is -0.321 e. The zero-order chi connectivity index (χ0) is 14.0. The zero-order valence-corrected chi connectivity index (χ0v) is 12.8. The number of hydrogen-bond acceptors (Lipinski definition) is 1. The first-order valence-corrected chi connectivity index (χ1v) is 6.92. The summed E-state index contributed by atoms with van der Waals surface area (Å²) in [6, 6.07) is 11.6. The van der Waals surface area contributed by atoms with Crippen molar-refractivity contribution in [1.29, 1.82) is 0 Å². The van der Waals surface area contributed by atoms with E-state index >= 15 is 0 Å². The molecule has 2 rings (SSSR count). The summed E-state index contributed by atoms with van der Waals surface area (Å²) in [4.78, 5) is 12.3. The highest BCUT2D eigenvalue weighted by Crippen LogP contribution is 2.28. The van der Waals surface area contributed by atoms with E-state index in [2.05, 4.69) is 27.3 Å². The van der Waals surface area contributed by atoms with Gasteiger partial charge in [-0.2, -0.15) is 0 Å². The molecule has 0 fully saturated rings. The first kappa shape index (κ1) is 13.8. The van der Waals surface area contributed by atoms with Gasteiger partial charge in [-0.15, -0.1) is 0 Å². The van der Waals surface area contributed by atoms with Gasteiger partial charge in [0.2, 0.25) is 0 Å². The number of nitrogens with one attached hydrogen (secondary N) is 1. The highest BCUT2D eigenvalue weighted by Gasteiger charge is 2.12. The van der Waals surface area contributed by atoms with Crippen molar-refractivity contribution < 1.29 is 4.79 Å². The van der Waals surface area contributed by atoms with Crippen molar-refractivity contribution in [3.05, 3.63) is 63.1 Å². The number of carbonyl (C=O) groups excluding carboxylic acids is 1. The van der Waals surface area contributed by atoms with Crippen molar-refractivity contribution in [3.8, 4) is 0 Å². The van der Waals surface area contributed by atoms with Crippen LogP contribution in [0.4, 0.5) is 5.69 Å². The minimum atomic E-state index is -0.0780. The Hall–Kier alpha value is -1.61. The van der Waals surface area contributed by atoms with Gasteiger partial charge in [0.1, 0.15) is 0 Å². The third kappa shape index (κ3) is 3.04. The van der Waals surface area contributed by atoms with Crippen LogP contribution in [0.15, 0.2) is 40.9 Å². The molecule has 19 heavy (non-hydrogen) atoms. The Morgan fingerprint density at radius 2 is 1.74 bits per heavy atom. The standard InChI is InChI=1S/C16H16BrNO/c1-10-8-12(3)15(14(17)9-10)18-16(19)13-7-5-4-6-11(13)2/h4-9H,1-3H3,(H,18,19). The van der Waals surface area contributed by atoms with E-state index in [4.69, 9.17) is 0 Å². The molecule has 0 spiro atoms. The fraction of sp³-hybridized carbons (Fsp3) is 0.188. The Bertz CT molecular complexity index is 611. The first-order valence-electron chi connectivity index (χ1n) is 6.13. The third-order valence-electron chi connectivity index (χ3n) is 3.06. The second-order valence-corrected chi connectivity index (χ2v) is 5.56. The Labute approximate surface area is 122 Å². The molecular formula is C16H16BrNO. The van der Waals surface area contributed by atoms with E-state index in [1.54, 1.807) is 0 Å². The molecule has 0 aromatic heterocycles. The van der Waals surface area contributed by atoms with Crippen LogP contribution in [0, 0.1) is 20.8 Å². The number of aryl methyl sites for hydroxylation is 3. The molecular weight excluding hydrogens is 302 g/mol. The number of amides is 1. The summed E-state index contributed by atoms with van der Waals surface area (Å²) in [5, 5.41) is 2.98. The van der Waals surface area contributed by atoms with E-state index in [-0.39, 0.29) is 5.91 Å². The van der Waals surface area contributed by atoms with Gasteiger partial charge >= 0.3 is 0 Å². The van der Waals surface area contributed by atoms with Gasteiger partial charge in [0.25, 0.3) is 5.91 Å². The number of halogens is 1. The Morgan fingerprint density at radius 1 is 1.05 bits per heavy atom. The molecule has 0 bridgehead atoms. The normalized spacial score (nSPS) is 10.3. The van der Waals surface area contributed by atoms with Crippen molar-refractivity contribution >= 4 is 27.5 Å². The largest absolute Gasteiger partial charge is 0.321 e. The molecule has 2 nitrogen and oxygen atoms in total. The van der Waals surface area contributed by atoms with Gasteiger partial charge in [0.15, 0.2) is 0 Å². The summed E-state index contributed by atoms with van der Waals surface area (Å²) in [5.74, 6) is -0.0780. The fourth-order valence-electron chi connectivity index (χ4n) is 2.08. The average Bonchev–Trinajstić information content (AvgIpc) is 2.34. The molecule has 0 unspecified atom stereocenters. The van der Waals surface area contributed by atoms with Crippen LogP contribution in [0.25, 0.3) is 0 Å². The Balaban J connectivity index is 2.32. The van der Waals surface area contributed by atoms with Gasteiger partial charge in [0.05, 0.1) is 5.69 Å². The monoisotopic (exact) mass is 317 g/mol. The van der Waals surface area contributed by atoms with Crippen LogP contribution in [-0.4, -0.2) is 5.91 Å². The van der Waals surface area contributed by atoms with Gasteiger partial charge in [-0.3, -0.25) is 4.79 Å². The van der Waals surface area contributed by atoms with Crippen molar-refractivity contribution in [2.45, 2.75) is 20.8 Å². The number of benzene rings is 2. The molecule has 1 amide bonds. The summed E-state index contributed by atoms with van der Waals surface area (Å²) in [5.41, 5.74) is 4.72. The van der Waals surface area contributed by atoms with Crippen LogP contribution in [0.3, 0.4) is 0 Å². The second-order valence-electron chi connectivity index (χ2n) is 4.71. The van der Waals surface area contributed by atoms with Gasteiger partial charge in [-0.25, -0.2) is 0 Å². The lowest BCUT2D eigenvalue weighted by Gasteiger charge is -2.12. The lowest BCUT2D eigenvalue weighted by molar-refractivity contribution is 0.102. The van der Waals surface area contributed by atoms with Crippen molar-refractivity contribution in [2.24, 2.45) is 0 Å². The Morgan fingerprint density at radius 3 is 2.37 bits per heavy atom. The molecule has 1 N–H and O–H groups in total. The number of rotatable bonds is 2. The average molecular weight is 318 g/mol. The summed E-state index contributed by atoms with van der Waals surface area (Å²) < 4.78 is 0.909. The summed E-state index contributed by atoms with van der Waals surface area (Å²) >= 11 is 3.50. The highest BCUT2D eigenvalue weighted by molar-refractivity contribution is 9.10. The maximum Gasteiger partial charge on any atom is 0.255 e. The van der Waals surface area contributed by atoms with Gasteiger partial charge in [-0.1, -0.05) is 24.3 Å². The first-order chi connectivity index (χ1) is 8.99. The van der Waals surface area contributed by atoms with Crippen LogP contribution in [0.1, 0.15) is 27.0 Å². The maximum absolute atomic E-state index is 12.3. The van der Waals surface area contributed by atoms with E-state index in [0.29, 0.717) is 5.56 Å². The maximum atomic E-state index is 12.3. The van der Waals surface area contributed by atoms with Crippen LogP contribution in [0.2, 0.25) is 0 Å².